The molecule has 1 aliphatic heterocycles. The van der Waals surface area contributed by atoms with Gasteiger partial charge in [-0.25, -0.2) is 0 Å². The van der Waals surface area contributed by atoms with Crippen LogP contribution in [0.15, 0.2) is 0 Å². The molecule has 3 heteroatoms. The Morgan fingerprint density at radius 1 is 1.46 bits per heavy atom. The first kappa shape index (κ1) is 10.8. The number of thiocarbonyl (C=S) groups is 1. The average molecular weight is 200 g/mol. The number of hydrogen-bond donors (Lipinski definition) is 1. The Labute approximate surface area is 86.7 Å². The van der Waals surface area contributed by atoms with E-state index in [4.69, 9.17) is 12.2 Å². The van der Waals surface area contributed by atoms with Crippen LogP contribution in [0.3, 0.4) is 0 Å². The third kappa shape index (κ3) is 3.14. The summed E-state index contributed by atoms with van der Waals surface area (Å²) < 4.78 is 0. The van der Waals surface area contributed by atoms with E-state index in [0.29, 0.717) is 11.5 Å². The average Bonchev–Trinajstić information content (AvgIpc) is 2.28. The summed E-state index contributed by atoms with van der Waals surface area (Å²) in [4.78, 5) is 2.27. The van der Waals surface area contributed by atoms with Crippen molar-refractivity contribution >= 4 is 17.3 Å². The largest absolute Gasteiger partial charge is 0.360 e. The van der Waals surface area contributed by atoms with Gasteiger partial charge in [-0.05, 0) is 37.9 Å². The topological polar surface area (TPSA) is 15.3 Å². The molecule has 0 bridgehead atoms. The van der Waals surface area contributed by atoms with E-state index in [9.17, 15) is 0 Å². The Bertz CT molecular complexity index is 199. The summed E-state index contributed by atoms with van der Waals surface area (Å²) in [5, 5.41) is 4.20. The first-order valence-corrected chi connectivity index (χ1v) is 5.37. The fourth-order valence-corrected chi connectivity index (χ4v) is 2.02. The summed E-state index contributed by atoms with van der Waals surface area (Å²) >= 11 is 5.31. The monoisotopic (exact) mass is 200 g/mol. The summed E-state index contributed by atoms with van der Waals surface area (Å²) in [6.45, 7) is 11.0. The van der Waals surface area contributed by atoms with E-state index in [0.717, 1.165) is 18.2 Å². The second kappa shape index (κ2) is 3.82. The minimum Gasteiger partial charge on any atom is -0.360 e. The fraction of sp³-hybridized carbons (Fsp3) is 0.900. The van der Waals surface area contributed by atoms with Gasteiger partial charge in [-0.3, -0.25) is 0 Å². The second-order valence-electron chi connectivity index (χ2n) is 4.94. The van der Waals surface area contributed by atoms with Crippen molar-refractivity contribution in [2.24, 2.45) is 5.41 Å². The highest BCUT2D eigenvalue weighted by molar-refractivity contribution is 7.80. The smallest absolute Gasteiger partial charge is 0.169 e. The van der Waals surface area contributed by atoms with Gasteiger partial charge in [0.1, 0.15) is 0 Å². The molecule has 2 nitrogen and oxygen atoms in total. The van der Waals surface area contributed by atoms with Crippen molar-refractivity contribution < 1.29 is 0 Å². The molecule has 0 spiro atoms. The van der Waals surface area contributed by atoms with Crippen molar-refractivity contribution in [2.75, 3.05) is 13.1 Å². The lowest BCUT2D eigenvalue weighted by Gasteiger charge is -2.24. The molecule has 0 radical (unpaired) electrons. The third-order valence-corrected chi connectivity index (χ3v) is 2.75. The van der Waals surface area contributed by atoms with Crippen LogP contribution in [0.1, 0.15) is 34.1 Å². The van der Waals surface area contributed by atoms with Gasteiger partial charge in [-0.2, -0.15) is 0 Å². The Hall–Kier alpha value is -0.310. The van der Waals surface area contributed by atoms with Crippen LogP contribution in [0, 0.1) is 5.41 Å². The van der Waals surface area contributed by atoms with Crippen LogP contribution in [0.5, 0.6) is 0 Å². The van der Waals surface area contributed by atoms with Gasteiger partial charge in [0.15, 0.2) is 5.11 Å². The third-order valence-electron chi connectivity index (χ3n) is 2.38. The molecule has 0 aromatic rings. The van der Waals surface area contributed by atoms with Gasteiger partial charge in [0.05, 0.1) is 0 Å². The Balaban J connectivity index is 2.42. The first-order valence-electron chi connectivity index (χ1n) is 4.96. The molecule has 1 N–H and O–H groups in total. The molecule has 13 heavy (non-hydrogen) atoms. The van der Waals surface area contributed by atoms with Crippen LogP contribution in [-0.2, 0) is 0 Å². The molecule has 0 amide bonds. The maximum absolute atomic E-state index is 5.31. The molecule has 0 atom stereocenters. The lowest BCUT2D eigenvalue weighted by Crippen LogP contribution is -2.42. The Morgan fingerprint density at radius 3 is 2.46 bits per heavy atom. The zero-order valence-electron chi connectivity index (χ0n) is 9.05. The van der Waals surface area contributed by atoms with Gasteiger partial charge in [0.2, 0.25) is 0 Å². The van der Waals surface area contributed by atoms with Gasteiger partial charge in [-0.15, -0.1) is 0 Å². The van der Waals surface area contributed by atoms with Crippen LogP contribution < -0.4 is 5.32 Å². The maximum atomic E-state index is 5.31. The van der Waals surface area contributed by atoms with Gasteiger partial charge < -0.3 is 10.2 Å². The first-order chi connectivity index (χ1) is 5.91. The number of rotatable bonds is 1. The van der Waals surface area contributed by atoms with Gasteiger partial charge >= 0.3 is 0 Å². The van der Waals surface area contributed by atoms with Gasteiger partial charge in [-0.1, -0.05) is 13.8 Å². The molecule has 1 heterocycles. The molecule has 0 unspecified atom stereocenters. The van der Waals surface area contributed by atoms with Crippen molar-refractivity contribution in [1.29, 1.82) is 0 Å². The zero-order chi connectivity index (χ0) is 10.1. The molecule has 1 rings (SSSR count). The van der Waals surface area contributed by atoms with E-state index in [1.165, 1.54) is 6.42 Å². The quantitative estimate of drug-likeness (QED) is 0.652. The van der Waals surface area contributed by atoms with E-state index >= 15 is 0 Å². The summed E-state index contributed by atoms with van der Waals surface area (Å²) in [6.07, 6.45) is 1.24. The molecular formula is C10H20N2S. The van der Waals surface area contributed by atoms with Gasteiger partial charge in [0, 0.05) is 19.1 Å². The van der Waals surface area contributed by atoms with E-state index in [-0.39, 0.29) is 0 Å². The molecule has 1 saturated heterocycles. The van der Waals surface area contributed by atoms with Crippen molar-refractivity contribution in [1.82, 2.24) is 10.2 Å². The number of likely N-dealkylation sites (tertiary alicyclic amines) is 1. The van der Waals surface area contributed by atoms with Crippen LogP contribution in [0.2, 0.25) is 0 Å². The maximum Gasteiger partial charge on any atom is 0.169 e. The number of nitrogens with one attached hydrogen (secondary N) is 1. The van der Waals surface area contributed by atoms with Gasteiger partial charge in [0.25, 0.3) is 0 Å². The standard InChI is InChI=1S/C10H20N2S/c1-8(2)11-9(13)12-6-5-10(3,4)7-12/h8H,5-7H2,1-4H3,(H,11,13). The Kier molecular flexibility index (Phi) is 3.17. The van der Waals surface area contributed by atoms with E-state index in [1.807, 2.05) is 0 Å². The SMILES string of the molecule is CC(C)NC(=S)N1CCC(C)(C)C1. The van der Waals surface area contributed by atoms with E-state index in [2.05, 4.69) is 37.9 Å². The lowest BCUT2D eigenvalue weighted by atomic mass is 9.93. The van der Waals surface area contributed by atoms with Crippen LogP contribution in [-0.4, -0.2) is 29.1 Å². The molecule has 0 aromatic carbocycles. The molecular weight excluding hydrogens is 180 g/mol. The minimum absolute atomic E-state index is 0.433. The van der Waals surface area contributed by atoms with Crippen LogP contribution >= 0.6 is 12.2 Å². The molecule has 1 aliphatic rings. The van der Waals surface area contributed by atoms with Crippen molar-refractivity contribution in [3.63, 3.8) is 0 Å². The Morgan fingerprint density at radius 2 is 2.08 bits per heavy atom. The fourth-order valence-electron chi connectivity index (χ4n) is 1.62. The van der Waals surface area contributed by atoms with Crippen LogP contribution in [0.4, 0.5) is 0 Å². The highest BCUT2D eigenvalue weighted by Gasteiger charge is 2.30. The normalized spacial score (nSPS) is 20.8. The predicted octanol–water partition coefficient (Wildman–Crippen LogP) is 2.00. The highest BCUT2D eigenvalue weighted by Crippen LogP contribution is 2.28. The second-order valence-corrected chi connectivity index (χ2v) is 5.33. The predicted molar refractivity (Wildman–Crippen MR) is 60.8 cm³/mol. The molecule has 0 aliphatic carbocycles. The molecule has 1 fully saturated rings. The van der Waals surface area contributed by atoms with E-state index in [1.54, 1.807) is 0 Å². The molecule has 0 saturated carbocycles. The summed E-state index contributed by atoms with van der Waals surface area (Å²) in [6, 6.07) is 0.441. The minimum atomic E-state index is 0.433. The summed E-state index contributed by atoms with van der Waals surface area (Å²) in [7, 11) is 0. The van der Waals surface area contributed by atoms with Crippen molar-refractivity contribution in [2.45, 2.75) is 40.2 Å². The lowest BCUT2D eigenvalue weighted by molar-refractivity contribution is 0.372. The van der Waals surface area contributed by atoms with Crippen LogP contribution in [0.25, 0.3) is 0 Å². The number of hydrogen-bond acceptors (Lipinski definition) is 1. The number of nitrogens with zero attached hydrogens (tertiary/aromatic N) is 1. The van der Waals surface area contributed by atoms with Crippen molar-refractivity contribution in [3.05, 3.63) is 0 Å². The zero-order valence-corrected chi connectivity index (χ0v) is 9.87. The molecule has 0 aromatic heterocycles. The summed E-state index contributed by atoms with van der Waals surface area (Å²) in [5.74, 6) is 0. The highest BCUT2D eigenvalue weighted by atomic mass is 32.1. The van der Waals surface area contributed by atoms with Crippen molar-refractivity contribution in [3.8, 4) is 0 Å². The van der Waals surface area contributed by atoms with E-state index < -0.39 is 0 Å². The summed E-state index contributed by atoms with van der Waals surface area (Å²) in [5.41, 5.74) is 0.433. The molecule has 76 valence electrons.